The third kappa shape index (κ3) is 3.58. The van der Waals surface area contributed by atoms with Crippen molar-refractivity contribution in [1.29, 1.82) is 0 Å². The van der Waals surface area contributed by atoms with Crippen molar-refractivity contribution < 1.29 is 9.13 Å². The molecule has 1 unspecified atom stereocenters. The summed E-state index contributed by atoms with van der Waals surface area (Å²) in [5, 5.41) is 0. The Bertz CT molecular complexity index is 901. The minimum Gasteiger partial charge on any atom is -0.486 e. The normalized spacial score (nSPS) is 17.4. The Morgan fingerprint density at radius 3 is 2.88 bits per heavy atom. The predicted molar refractivity (Wildman–Crippen MR) is 98.2 cm³/mol. The van der Waals surface area contributed by atoms with E-state index in [1.54, 1.807) is 30.7 Å². The van der Waals surface area contributed by atoms with Crippen molar-refractivity contribution in [2.45, 2.75) is 19.1 Å². The van der Waals surface area contributed by atoms with Crippen molar-refractivity contribution in [2.75, 3.05) is 13.6 Å². The quantitative estimate of drug-likeness (QED) is 0.709. The van der Waals surface area contributed by atoms with E-state index >= 15 is 0 Å². The molecule has 0 bridgehead atoms. The summed E-state index contributed by atoms with van der Waals surface area (Å²) in [6, 6.07) is 12.6. The molecule has 3 aromatic rings. The SMILES string of the molecule is CN1CCC(Oc2cccc(F)c2)c2ccc(-c3cnccn3)cc2C1. The number of benzene rings is 2. The molecular weight excluding hydrogens is 329 g/mol. The van der Waals surface area contributed by atoms with Gasteiger partial charge in [0.25, 0.3) is 0 Å². The molecule has 0 saturated carbocycles. The first kappa shape index (κ1) is 16.7. The van der Waals surface area contributed by atoms with E-state index in [0.717, 1.165) is 36.3 Å². The zero-order chi connectivity index (χ0) is 17.9. The van der Waals surface area contributed by atoms with Crippen LogP contribution in [0.1, 0.15) is 23.7 Å². The molecule has 0 radical (unpaired) electrons. The van der Waals surface area contributed by atoms with Crippen LogP contribution in [-0.2, 0) is 6.54 Å². The van der Waals surface area contributed by atoms with E-state index < -0.39 is 0 Å². The smallest absolute Gasteiger partial charge is 0.126 e. The number of nitrogens with zero attached hydrogens (tertiary/aromatic N) is 3. The molecular formula is C21H20FN3O. The zero-order valence-corrected chi connectivity index (χ0v) is 14.6. The van der Waals surface area contributed by atoms with Crippen molar-refractivity contribution in [2.24, 2.45) is 0 Å². The van der Waals surface area contributed by atoms with E-state index in [1.165, 1.54) is 17.7 Å². The fraction of sp³-hybridized carbons (Fsp3) is 0.238. The van der Waals surface area contributed by atoms with E-state index in [1.807, 2.05) is 0 Å². The average molecular weight is 349 g/mol. The van der Waals surface area contributed by atoms with E-state index in [2.05, 4.69) is 40.1 Å². The molecule has 0 fully saturated rings. The van der Waals surface area contributed by atoms with Crippen LogP contribution in [0.4, 0.5) is 4.39 Å². The summed E-state index contributed by atoms with van der Waals surface area (Å²) in [7, 11) is 2.10. The second kappa shape index (κ2) is 7.22. The third-order valence-corrected chi connectivity index (χ3v) is 4.64. The van der Waals surface area contributed by atoms with Gasteiger partial charge in [0.15, 0.2) is 0 Å². The first-order valence-corrected chi connectivity index (χ1v) is 8.69. The van der Waals surface area contributed by atoms with Crippen LogP contribution >= 0.6 is 0 Å². The van der Waals surface area contributed by atoms with Crippen LogP contribution in [0.3, 0.4) is 0 Å². The highest BCUT2D eigenvalue weighted by Crippen LogP contribution is 2.33. The Kier molecular flexibility index (Phi) is 4.63. The third-order valence-electron chi connectivity index (χ3n) is 4.64. The molecule has 1 atom stereocenters. The predicted octanol–water partition coefficient (Wildman–Crippen LogP) is 4.24. The Labute approximate surface area is 152 Å². The minimum atomic E-state index is -0.286. The number of hydrogen-bond donors (Lipinski definition) is 0. The summed E-state index contributed by atoms with van der Waals surface area (Å²) in [5.41, 5.74) is 4.24. The first-order valence-electron chi connectivity index (χ1n) is 8.69. The number of rotatable bonds is 3. The number of aromatic nitrogens is 2. The Morgan fingerprint density at radius 1 is 1.15 bits per heavy atom. The highest BCUT2D eigenvalue weighted by atomic mass is 19.1. The summed E-state index contributed by atoms with van der Waals surface area (Å²) in [4.78, 5) is 10.8. The standard InChI is InChI=1S/C21H20FN3O/c1-25-10-7-21(26-18-4-2-3-17(22)12-18)19-6-5-15(11-16(19)14-25)20-13-23-8-9-24-20/h2-6,8-9,11-13,21H,7,10,14H2,1H3. The summed E-state index contributed by atoms with van der Waals surface area (Å²) in [6.07, 6.45) is 5.88. The number of fused-ring (bicyclic) bond motifs is 1. The van der Waals surface area contributed by atoms with Gasteiger partial charge in [-0.15, -0.1) is 0 Å². The molecule has 2 heterocycles. The Morgan fingerprint density at radius 2 is 2.08 bits per heavy atom. The van der Waals surface area contributed by atoms with Gasteiger partial charge in [-0.05, 0) is 36.4 Å². The van der Waals surface area contributed by atoms with Crippen LogP contribution in [-0.4, -0.2) is 28.5 Å². The Balaban J connectivity index is 1.69. The second-order valence-corrected chi connectivity index (χ2v) is 6.59. The van der Waals surface area contributed by atoms with Gasteiger partial charge in [-0.2, -0.15) is 0 Å². The molecule has 26 heavy (non-hydrogen) atoms. The van der Waals surface area contributed by atoms with E-state index in [-0.39, 0.29) is 11.9 Å². The van der Waals surface area contributed by atoms with Crippen molar-refractivity contribution in [3.63, 3.8) is 0 Å². The molecule has 2 aromatic carbocycles. The van der Waals surface area contributed by atoms with Crippen LogP contribution in [0.2, 0.25) is 0 Å². The molecule has 5 heteroatoms. The summed E-state index contributed by atoms with van der Waals surface area (Å²) >= 11 is 0. The van der Waals surface area contributed by atoms with Crippen LogP contribution in [0.25, 0.3) is 11.3 Å². The van der Waals surface area contributed by atoms with Crippen LogP contribution in [0.5, 0.6) is 5.75 Å². The first-order chi connectivity index (χ1) is 12.7. The van der Waals surface area contributed by atoms with Crippen LogP contribution in [0, 0.1) is 5.82 Å². The highest BCUT2D eigenvalue weighted by Gasteiger charge is 2.23. The van der Waals surface area contributed by atoms with Gasteiger partial charge < -0.3 is 9.64 Å². The number of halogens is 1. The topological polar surface area (TPSA) is 38.2 Å². The highest BCUT2D eigenvalue weighted by molar-refractivity contribution is 5.60. The number of hydrogen-bond acceptors (Lipinski definition) is 4. The van der Waals surface area contributed by atoms with Gasteiger partial charge in [0, 0.05) is 43.5 Å². The molecule has 0 aliphatic carbocycles. The summed E-state index contributed by atoms with van der Waals surface area (Å²) in [6.45, 7) is 1.75. The summed E-state index contributed by atoms with van der Waals surface area (Å²) < 4.78 is 19.6. The van der Waals surface area contributed by atoms with Crippen molar-refractivity contribution in [3.05, 3.63) is 78.0 Å². The fourth-order valence-electron chi connectivity index (χ4n) is 3.35. The molecule has 1 aromatic heterocycles. The molecule has 4 rings (SSSR count). The van der Waals surface area contributed by atoms with Crippen LogP contribution < -0.4 is 4.74 Å². The van der Waals surface area contributed by atoms with E-state index in [0.29, 0.717) is 5.75 Å². The zero-order valence-electron chi connectivity index (χ0n) is 14.6. The van der Waals surface area contributed by atoms with Crippen LogP contribution in [0.15, 0.2) is 61.1 Å². The molecule has 0 saturated heterocycles. The lowest BCUT2D eigenvalue weighted by Crippen LogP contribution is -2.18. The maximum atomic E-state index is 13.5. The van der Waals surface area contributed by atoms with E-state index in [9.17, 15) is 4.39 Å². The van der Waals surface area contributed by atoms with Crippen molar-refractivity contribution in [3.8, 4) is 17.0 Å². The minimum absolute atomic E-state index is 0.104. The van der Waals surface area contributed by atoms with Gasteiger partial charge in [0.05, 0.1) is 11.9 Å². The summed E-state index contributed by atoms with van der Waals surface area (Å²) in [5.74, 6) is 0.273. The molecule has 0 spiro atoms. The van der Waals surface area contributed by atoms with Gasteiger partial charge in [-0.1, -0.05) is 18.2 Å². The van der Waals surface area contributed by atoms with Gasteiger partial charge in [-0.3, -0.25) is 9.97 Å². The second-order valence-electron chi connectivity index (χ2n) is 6.59. The van der Waals surface area contributed by atoms with E-state index in [4.69, 9.17) is 4.74 Å². The van der Waals surface area contributed by atoms with Gasteiger partial charge >= 0.3 is 0 Å². The van der Waals surface area contributed by atoms with Crippen molar-refractivity contribution >= 4 is 0 Å². The number of ether oxygens (including phenoxy) is 1. The molecule has 1 aliphatic heterocycles. The lowest BCUT2D eigenvalue weighted by atomic mass is 9.98. The maximum Gasteiger partial charge on any atom is 0.126 e. The molecule has 4 nitrogen and oxygen atoms in total. The molecule has 1 aliphatic rings. The molecule has 0 N–H and O–H groups in total. The maximum absolute atomic E-state index is 13.5. The van der Waals surface area contributed by atoms with Gasteiger partial charge in [0.1, 0.15) is 17.7 Å². The van der Waals surface area contributed by atoms with Gasteiger partial charge in [0.2, 0.25) is 0 Å². The lowest BCUT2D eigenvalue weighted by Gasteiger charge is -2.20. The average Bonchev–Trinajstić information content (AvgIpc) is 2.81. The lowest BCUT2D eigenvalue weighted by molar-refractivity contribution is 0.182. The van der Waals surface area contributed by atoms with Gasteiger partial charge in [-0.25, -0.2) is 4.39 Å². The largest absolute Gasteiger partial charge is 0.486 e. The fourth-order valence-corrected chi connectivity index (χ4v) is 3.35. The van der Waals surface area contributed by atoms with Crippen molar-refractivity contribution in [1.82, 2.24) is 14.9 Å². The Hall–Kier alpha value is -2.79. The molecule has 0 amide bonds. The monoisotopic (exact) mass is 349 g/mol. The molecule has 132 valence electrons.